The van der Waals surface area contributed by atoms with Gasteiger partial charge in [-0.3, -0.25) is 9.67 Å². The summed E-state index contributed by atoms with van der Waals surface area (Å²) in [5.74, 6) is 0.807. The van der Waals surface area contributed by atoms with Crippen LogP contribution in [0, 0.1) is 19.8 Å². The van der Waals surface area contributed by atoms with Crippen LogP contribution in [0.5, 0.6) is 0 Å². The average Bonchev–Trinajstić information content (AvgIpc) is 2.99. The topological polar surface area (TPSA) is 30.7 Å². The molecular weight excluding hydrogens is 314 g/mol. The highest BCUT2D eigenvalue weighted by atomic mass is 79.9. The Morgan fingerprint density at radius 1 is 1.25 bits per heavy atom. The second-order valence-electron chi connectivity index (χ2n) is 5.77. The SMILES string of the molecule is Cc1nn(CC2CCCC2)c(C)c1-c1cncc(Br)c1. The van der Waals surface area contributed by atoms with E-state index in [1.54, 1.807) is 0 Å². The second-order valence-corrected chi connectivity index (χ2v) is 6.69. The molecule has 0 aromatic carbocycles. The quantitative estimate of drug-likeness (QED) is 0.826. The highest BCUT2D eigenvalue weighted by Crippen LogP contribution is 2.31. The summed E-state index contributed by atoms with van der Waals surface area (Å²) < 4.78 is 3.21. The summed E-state index contributed by atoms with van der Waals surface area (Å²) >= 11 is 3.50. The molecule has 0 saturated heterocycles. The van der Waals surface area contributed by atoms with Crippen LogP contribution in [0.15, 0.2) is 22.9 Å². The first kappa shape index (κ1) is 13.8. The van der Waals surface area contributed by atoms with Crippen LogP contribution in [0.2, 0.25) is 0 Å². The average molecular weight is 334 g/mol. The molecule has 4 heteroatoms. The van der Waals surface area contributed by atoms with Crippen LogP contribution in [0.3, 0.4) is 0 Å². The summed E-state index contributed by atoms with van der Waals surface area (Å²) in [6.45, 7) is 5.33. The van der Waals surface area contributed by atoms with Gasteiger partial charge in [0.15, 0.2) is 0 Å². The molecule has 0 bridgehead atoms. The summed E-state index contributed by atoms with van der Waals surface area (Å²) in [6, 6.07) is 2.12. The third-order valence-corrected chi connectivity index (χ3v) is 4.71. The third-order valence-electron chi connectivity index (χ3n) is 4.28. The zero-order valence-corrected chi connectivity index (χ0v) is 13.7. The molecule has 0 atom stereocenters. The molecule has 0 radical (unpaired) electrons. The molecule has 0 aliphatic heterocycles. The summed E-state index contributed by atoms with van der Waals surface area (Å²) in [6.07, 6.45) is 9.20. The number of aryl methyl sites for hydroxylation is 1. The zero-order chi connectivity index (χ0) is 14.1. The molecule has 2 aromatic rings. The Labute approximate surface area is 128 Å². The lowest BCUT2D eigenvalue weighted by Crippen LogP contribution is -2.10. The Bertz CT molecular complexity index is 612. The molecule has 0 unspecified atom stereocenters. The molecule has 20 heavy (non-hydrogen) atoms. The van der Waals surface area contributed by atoms with E-state index >= 15 is 0 Å². The number of pyridine rings is 1. The Kier molecular flexibility index (Phi) is 3.92. The number of nitrogens with zero attached hydrogens (tertiary/aromatic N) is 3. The predicted octanol–water partition coefficient (Wildman–Crippen LogP) is 4.51. The van der Waals surface area contributed by atoms with Crippen molar-refractivity contribution in [2.45, 2.75) is 46.1 Å². The molecule has 3 rings (SSSR count). The lowest BCUT2D eigenvalue weighted by Gasteiger charge is -2.11. The lowest BCUT2D eigenvalue weighted by molar-refractivity contribution is 0.422. The molecule has 1 fully saturated rings. The maximum Gasteiger partial charge on any atom is 0.0675 e. The molecule has 0 N–H and O–H groups in total. The highest BCUT2D eigenvalue weighted by molar-refractivity contribution is 9.10. The molecular formula is C16H20BrN3. The minimum Gasteiger partial charge on any atom is -0.269 e. The van der Waals surface area contributed by atoms with Crippen molar-refractivity contribution in [3.8, 4) is 11.1 Å². The molecule has 0 spiro atoms. The molecule has 0 amide bonds. The Morgan fingerprint density at radius 3 is 2.70 bits per heavy atom. The van der Waals surface area contributed by atoms with E-state index in [1.807, 2.05) is 12.4 Å². The van der Waals surface area contributed by atoms with E-state index in [9.17, 15) is 0 Å². The van der Waals surface area contributed by atoms with Gasteiger partial charge >= 0.3 is 0 Å². The van der Waals surface area contributed by atoms with Gasteiger partial charge in [-0.2, -0.15) is 5.10 Å². The van der Waals surface area contributed by atoms with E-state index in [0.717, 1.165) is 28.2 Å². The van der Waals surface area contributed by atoms with Gasteiger partial charge in [0.1, 0.15) is 0 Å². The second kappa shape index (κ2) is 5.68. The van der Waals surface area contributed by atoms with E-state index in [2.05, 4.69) is 45.5 Å². The van der Waals surface area contributed by atoms with Crippen LogP contribution < -0.4 is 0 Å². The van der Waals surface area contributed by atoms with Gasteiger partial charge in [-0.25, -0.2) is 0 Å². The van der Waals surface area contributed by atoms with Gasteiger partial charge in [0.05, 0.1) is 5.69 Å². The largest absolute Gasteiger partial charge is 0.269 e. The van der Waals surface area contributed by atoms with E-state index in [0.29, 0.717) is 0 Å². The first-order valence-electron chi connectivity index (χ1n) is 7.30. The fraction of sp³-hybridized carbons (Fsp3) is 0.500. The first-order chi connectivity index (χ1) is 9.65. The fourth-order valence-corrected chi connectivity index (χ4v) is 3.64. The van der Waals surface area contributed by atoms with Crippen molar-refractivity contribution in [2.75, 3.05) is 0 Å². The van der Waals surface area contributed by atoms with E-state index < -0.39 is 0 Å². The van der Waals surface area contributed by atoms with Crippen LogP contribution in [-0.2, 0) is 6.54 Å². The normalized spacial score (nSPS) is 15.9. The van der Waals surface area contributed by atoms with Crippen molar-refractivity contribution >= 4 is 15.9 Å². The van der Waals surface area contributed by atoms with Gasteiger partial charge in [-0.05, 0) is 54.6 Å². The number of hydrogen-bond acceptors (Lipinski definition) is 2. The summed E-state index contributed by atoms with van der Waals surface area (Å²) in [7, 11) is 0. The van der Waals surface area contributed by atoms with Crippen LogP contribution in [0.4, 0.5) is 0 Å². The van der Waals surface area contributed by atoms with Gasteiger partial charge in [0.25, 0.3) is 0 Å². The first-order valence-corrected chi connectivity index (χ1v) is 8.09. The monoisotopic (exact) mass is 333 g/mol. The maximum atomic E-state index is 4.75. The van der Waals surface area contributed by atoms with Crippen LogP contribution >= 0.6 is 15.9 Å². The van der Waals surface area contributed by atoms with E-state index in [4.69, 9.17) is 5.10 Å². The maximum absolute atomic E-state index is 4.75. The van der Waals surface area contributed by atoms with Crippen molar-refractivity contribution in [3.05, 3.63) is 34.3 Å². The summed E-state index contributed by atoms with van der Waals surface area (Å²) in [5.41, 5.74) is 4.73. The number of rotatable bonds is 3. The van der Waals surface area contributed by atoms with Crippen molar-refractivity contribution in [1.29, 1.82) is 0 Å². The molecule has 2 aromatic heterocycles. The highest BCUT2D eigenvalue weighted by Gasteiger charge is 2.19. The van der Waals surface area contributed by atoms with Crippen molar-refractivity contribution in [1.82, 2.24) is 14.8 Å². The van der Waals surface area contributed by atoms with Crippen LogP contribution in [0.25, 0.3) is 11.1 Å². The molecule has 3 nitrogen and oxygen atoms in total. The lowest BCUT2D eigenvalue weighted by atomic mass is 10.1. The predicted molar refractivity (Wildman–Crippen MR) is 84.6 cm³/mol. The Morgan fingerprint density at radius 2 is 2.00 bits per heavy atom. The van der Waals surface area contributed by atoms with Gasteiger partial charge < -0.3 is 0 Å². The molecule has 1 aliphatic rings. The standard InChI is InChI=1S/C16H20BrN3/c1-11-16(14-7-15(17)9-18-8-14)12(2)20(19-11)10-13-5-3-4-6-13/h7-9,13H,3-6,10H2,1-2H3. The molecule has 2 heterocycles. The minimum atomic E-state index is 0.807. The molecule has 106 valence electrons. The van der Waals surface area contributed by atoms with Crippen LogP contribution in [0.1, 0.15) is 37.1 Å². The smallest absolute Gasteiger partial charge is 0.0675 e. The zero-order valence-electron chi connectivity index (χ0n) is 12.1. The molecule has 1 saturated carbocycles. The minimum absolute atomic E-state index is 0.807. The van der Waals surface area contributed by atoms with Crippen LogP contribution in [-0.4, -0.2) is 14.8 Å². The number of aromatic nitrogens is 3. The Hall–Kier alpha value is -1.16. The van der Waals surface area contributed by atoms with E-state index in [1.165, 1.54) is 36.9 Å². The summed E-state index contributed by atoms with van der Waals surface area (Å²) in [4.78, 5) is 4.27. The van der Waals surface area contributed by atoms with Gasteiger partial charge in [-0.1, -0.05) is 12.8 Å². The van der Waals surface area contributed by atoms with Gasteiger partial charge in [-0.15, -0.1) is 0 Å². The summed E-state index contributed by atoms with van der Waals surface area (Å²) in [5, 5.41) is 4.75. The fourth-order valence-electron chi connectivity index (χ4n) is 3.28. The third kappa shape index (κ3) is 2.66. The van der Waals surface area contributed by atoms with Crippen molar-refractivity contribution in [3.63, 3.8) is 0 Å². The Balaban J connectivity index is 1.93. The van der Waals surface area contributed by atoms with Gasteiger partial charge in [0.2, 0.25) is 0 Å². The van der Waals surface area contributed by atoms with Crippen molar-refractivity contribution in [2.24, 2.45) is 5.92 Å². The van der Waals surface area contributed by atoms with Crippen molar-refractivity contribution < 1.29 is 0 Å². The van der Waals surface area contributed by atoms with E-state index in [-0.39, 0.29) is 0 Å². The van der Waals surface area contributed by atoms with Gasteiger partial charge in [0, 0.05) is 40.2 Å². The molecule has 1 aliphatic carbocycles. The number of hydrogen-bond donors (Lipinski definition) is 0. The number of halogens is 1.